The van der Waals surface area contributed by atoms with Gasteiger partial charge in [0.2, 0.25) is 0 Å². The molecule has 2 amide bonds. The fourth-order valence-electron chi connectivity index (χ4n) is 4.34. The van der Waals surface area contributed by atoms with Gasteiger partial charge in [-0.05, 0) is 72.3 Å². The molecule has 212 valence electrons. The molecule has 1 heterocycles. The molecule has 0 bridgehead atoms. The highest BCUT2D eigenvalue weighted by Crippen LogP contribution is 2.40. The number of carbonyl (C=O) groups excluding carboxylic acids is 2. The second-order valence-corrected chi connectivity index (χ2v) is 10.7. The summed E-state index contributed by atoms with van der Waals surface area (Å²) in [5, 5.41) is 3.77. The lowest BCUT2D eigenvalue weighted by Crippen LogP contribution is -2.32. The summed E-state index contributed by atoms with van der Waals surface area (Å²) in [7, 11) is 1.52. The van der Waals surface area contributed by atoms with Crippen molar-refractivity contribution in [2.75, 3.05) is 19.0 Å². The van der Waals surface area contributed by atoms with Crippen molar-refractivity contribution in [2.24, 2.45) is 4.99 Å². The molecule has 0 radical (unpaired) electrons. The number of hydrogen-bond acceptors (Lipinski definition) is 6. The molecule has 9 heteroatoms. The molecule has 0 aromatic heterocycles. The largest absolute Gasteiger partial charge is 0.493 e. The number of ether oxygens (including phenoxy) is 2. The van der Waals surface area contributed by atoms with Crippen molar-refractivity contribution in [1.29, 1.82) is 0 Å². The summed E-state index contributed by atoms with van der Waals surface area (Å²) in [5.74, 6) is 0.326. The molecule has 1 saturated heterocycles. The van der Waals surface area contributed by atoms with Crippen LogP contribution in [0, 0.1) is 0 Å². The minimum Gasteiger partial charge on any atom is -0.493 e. The van der Waals surface area contributed by atoms with E-state index in [1.54, 1.807) is 41.3 Å². The maximum Gasteiger partial charge on any atom is 0.267 e. The van der Waals surface area contributed by atoms with Gasteiger partial charge in [-0.2, -0.15) is 0 Å². The fourth-order valence-corrected chi connectivity index (χ4v) is 5.59. The Morgan fingerprint density at radius 2 is 1.67 bits per heavy atom. The molecule has 1 aliphatic heterocycles. The van der Waals surface area contributed by atoms with Gasteiger partial charge in [0.1, 0.15) is 0 Å². The van der Waals surface area contributed by atoms with Gasteiger partial charge in [-0.1, -0.05) is 78.3 Å². The number of nitrogens with zero attached hydrogens (tertiary/aromatic N) is 2. The van der Waals surface area contributed by atoms with Gasteiger partial charge < -0.3 is 14.8 Å². The van der Waals surface area contributed by atoms with Gasteiger partial charge in [0, 0.05) is 0 Å². The van der Waals surface area contributed by atoms with E-state index in [1.807, 2.05) is 79.7 Å². The van der Waals surface area contributed by atoms with Crippen LogP contribution in [-0.4, -0.2) is 35.6 Å². The number of thioether (sulfide) groups is 1. The number of amidine groups is 1. The Balaban J connectivity index is 1.36. The Bertz CT molecular complexity index is 1640. The van der Waals surface area contributed by atoms with E-state index in [2.05, 4.69) is 5.32 Å². The third kappa shape index (κ3) is 6.84. The highest BCUT2D eigenvalue weighted by Gasteiger charge is 2.37. The zero-order valence-corrected chi connectivity index (χ0v) is 24.6. The number of aliphatic imine (C=N–C) groups is 1. The van der Waals surface area contributed by atoms with E-state index in [-0.39, 0.29) is 24.5 Å². The highest BCUT2D eigenvalue weighted by atomic mass is 35.5. The summed E-state index contributed by atoms with van der Waals surface area (Å²) in [6.45, 7) is 1.76. The first-order valence-electron chi connectivity index (χ1n) is 13.2. The Kier molecular flexibility index (Phi) is 9.26. The Labute approximate surface area is 253 Å². The lowest BCUT2D eigenvalue weighted by molar-refractivity contribution is -0.123. The Morgan fingerprint density at radius 3 is 2.38 bits per heavy atom. The molecule has 5 rings (SSSR count). The van der Waals surface area contributed by atoms with Crippen LogP contribution in [0.2, 0.25) is 5.02 Å². The maximum atomic E-state index is 13.7. The third-order valence-electron chi connectivity index (χ3n) is 6.48. The summed E-state index contributed by atoms with van der Waals surface area (Å²) in [6, 6.07) is 31.5. The number of anilines is 1. The molecule has 0 saturated carbocycles. The first-order chi connectivity index (χ1) is 20.4. The molecule has 1 N–H and O–H groups in total. The molecular formula is C33H28ClN3O4S. The van der Waals surface area contributed by atoms with Crippen molar-refractivity contribution < 1.29 is 19.1 Å². The van der Waals surface area contributed by atoms with Gasteiger partial charge in [-0.15, -0.1) is 0 Å². The van der Waals surface area contributed by atoms with Crippen molar-refractivity contribution in [3.8, 4) is 11.5 Å². The monoisotopic (exact) mass is 597 g/mol. The van der Waals surface area contributed by atoms with Gasteiger partial charge in [-0.25, -0.2) is 4.99 Å². The van der Waals surface area contributed by atoms with Gasteiger partial charge in [0.05, 0.1) is 34.5 Å². The molecule has 4 aromatic carbocycles. The predicted octanol–water partition coefficient (Wildman–Crippen LogP) is 7.73. The van der Waals surface area contributed by atoms with Crippen molar-refractivity contribution in [3.05, 3.63) is 124 Å². The fraction of sp³-hybridized carbons (Fsp3) is 0.121. The Morgan fingerprint density at radius 1 is 0.976 bits per heavy atom. The number of benzene rings is 4. The molecule has 1 atom stereocenters. The number of methoxy groups -OCH3 is 1. The van der Waals surface area contributed by atoms with Crippen molar-refractivity contribution in [2.45, 2.75) is 13.0 Å². The highest BCUT2D eigenvalue weighted by molar-refractivity contribution is 8.18. The molecule has 1 fully saturated rings. The predicted molar refractivity (Wildman–Crippen MR) is 169 cm³/mol. The molecular weight excluding hydrogens is 570 g/mol. The van der Waals surface area contributed by atoms with Gasteiger partial charge in [0.15, 0.2) is 23.3 Å². The average Bonchev–Trinajstić information content (AvgIpc) is 3.31. The van der Waals surface area contributed by atoms with Crippen LogP contribution in [0.5, 0.6) is 11.5 Å². The van der Waals surface area contributed by atoms with Crippen LogP contribution in [0.15, 0.2) is 113 Å². The number of rotatable bonds is 9. The Hall–Kier alpha value is -4.53. The molecule has 7 nitrogen and oxygen atoms in total. The number of carbonyl (C=O) groups is 2. The molecule has 0 unspecified atom stereocenters. The number of amides is 2. The summed E-state index contributed by atoms with van der Waals surface area (Å²) < 4.78 is 11.3. The first-order valence-corrected chi connectivity index (χ1v) is 14.4. The number of halogens is 1. The van der Waals surface area contributed by atoms with E-state index in [1.165, 1.54) is 18.9 Å². The number of para-hydroxylation sites is 2. The maximum absolute atomic E-state index is 13.7. The molecule has 0 spiro atoms. The zero-order chi connectivity index (χ0) is 29.5. The lowest BCUT2D eigenvalue weighted by atomic mass is 10.1. The van der Waals surface area contributed by atoms with Crippen LogP contribution in [-0.2, 0) is 9.59 Å². The van der Waals surface area contributed by atoms with Gasteiger partial charge in [0.25, 0.3) is 11.8 Å². The molecule has 1 aliphatic rings. The third-order valence-corrected chi connectivity index (χ3v) is 7.79. The van der Waals surface area contributed by atoms with Crippen molar-refractivity contribution in [1.82, 2.24) is 4.90 Å². The normalized spacial score (nSPS) is 15.6. The summed E-state index contributed by atoms with van der Waals surface area (Å²) in [5.41, 5.74) is 3.02. The molecule has 4 aromatic rings. The number of nitrogens with one attached hydrogen (secondary N) is 1. The zero-order valence-electron chi connectivity index (χ0n) is 23.0. The smallest absolute Gasteiger partial charge is 0.267 e. The van der Waals surface area contributed by atoms with E-state index < -0.39 is 0 Å². The van der Waals surface area contributed by atoms with Gasteiger partial charge in [-0.3, -0.25) is 14.5 Å². The van der Waals surface area contributed by atoms with E-state index in [9.17, 15) is 9.59 Å². The molecule has 42 heavy (non-hydrogen) atoms. The quantitative estimate of drug-likeness (QED) is 0.200. The molecule has 0 aliphatic carbocycles. The first kappa shape index (κ1) is 29.0. The summed E-state index contributed by atoms with van der Waals surface area (Å²) in [4.78, 5) is 33.2. The average molecular weight is 598 g/mol. The van der Waals surface area contributed by atoms with Crippen LogP contribution in [0.25, 0.3) is 6.08 Å². The van der Waals surface area contributed by atoms with E-state index in [0.717, 1.165) is 16.8 Å². The minimum atomic E-state index is -0.359. The topological polar surface area (TPSA) is 80.2 Å². The van der Waals surface area contributed by atoms with E-state index in [0.29, 0.717) is 32.3 Å². The van der Waals surface area contributed by atoms with Crippen LogP contribution in [0.4, 0.5) is 11.4 Å². The minimum absolute atomic E-state index is 0.137. The van der Waals surface area contributed by atoms with E-state index >= 15 is 0 Å². The van der Waals surface area contributed by atoms with Crippen LogP contribution >= 0.6 is 23.4 Å². The number of hydrogen-bond donors (Lipinski definition) is 1. The SMILES string of the molecule is COc1cc(/C=C2/SC(=Nc3ccccc3)N([C@H](C)c3ccccc3)C2=O)ccc1OCC(=O)Nc1ccccc1Cl. The van der Waals surface area contributed by atoms with Gasteiger partial charge >= 0.3 is 0 Å². The van der Waals surface area contributed by atoms with Crippen molar-refractivity contribution >= 4 is 57.8 Å². The van der Waals surface area contributed by atoms with Crippen LogP contribution in [0.1, 0.15) is 24.1 Å². The van der Waals surface area contributed by atoms with Crippen LogP contribution < -0.4 is 14.8 Å². The van der Waals surface area contributed by atoms with E-state index in [4.69, 9.17) is 26.1 Å². The summed E-state index contributed by atoms with van der Waals surface area (Å²) >= 11 is 7.45. The standard InChI is InChI=1S/C33H28ClN3O4S/c1-22(24-11-5-3-6-12-24)37-32(39)30(42-33(37)35-25-13-7-4-8-14-25)20-23-17-18-28(29(19-23)40-2)41-21-31(38)36-27-16-10-9-15-26(27)34/h3-20,22H,21H2,1-2H3,(H,36,38)/b30-20+,35-33?/t22-/m1/s1. The second kappa shape index (κ2) is 13.4. The lowest BCUT2D eigenvalue weighted by Gasteiger charge is -2.24. The van der Waals surface area contributed by atoms with Crippen LogP contribution in [0.3, 0.4) is 0 Å². The summed E-state index contributed by atoms with van der Waals surface area (Å²) in [6.07, 6.45) is 1.81. The second-order valence-electron chi connectivity index (χ2n) is 9.33. The van der Waals surface area contributed by atoms with Crippen molar-refractivity contribution in [3.63, 3.8) is 0 Å².